The summed E-state index contributed by atoms with van der Waals surface area (Å²) in [5, 5.41) is 2.84. The molecule has 0 aliphatic carbocycles. The molecular formula is C14H20N2O. The van der Waals surface area contributed by atoms with Gasteiger partial charge < -0.3 is 11.1 Å². The van der Waals surface area contributed by atoms with Crippen LogP contribution in [0.15, 0.2) is 30.3 Å². The number of hydrogen-bond acceptors (Lipinski definition) is 2. The summed E-state index contributed by atoms with van der Waals surface area (Å²) in [5.41, 5.74) is 7.28. The van der Waals surface area contributed by atoms with E-state index in [0.717, 1.165) is 18.5 Å². The first-order valence-corrected chi connectivity index (χ1v) is 5.89. The zero-order valence-corrected chi connectivity index (χ0v) is 10.4. The van der Waals surface area contributed by atoms with Crippen LogP contribution in [0, 0.1) is 5.92 Å². The number of amides is 1. The van der Waals surface area contributed by atoms with Crippen molar-refractivity contribution < 1.29 is 4.79 Å². The Morgan fingerprint density at radius 2 is 2.24 bits per heavy atom. The number of rotatable bonds is 5. The highest BCUT2D eigenvalue weighted by Gasteiger charge is 1.97. The Morgan fingerprint density at radius 3 is 2.88 bits per heavy atom. The molecule has 17 heavy (non-hydrogen) atoms. The summed E-state index contributed by atoms with van der Waals surface area (Å²) in [5.74, 6) is 0.543. The Balaban J connectivity index is 2.40. The number of hydrogen-bond donors (Lipinski definition) is 2. The fourth-order valence-corrected chi connectivity index (χ4v) is 1.38. The maximum absolute atomic E-state index is 11.5. The molecule has 3 heteroatoms. The largest absolute Gasteiger partial charge is 0.399 e. The van der Waals surface area contributed by atoms with E-state index in [4.69, 9.17) is 5.73 Å². The highest BCUT2D eigenvalue weighted by Crippen LogP contribution is 2.07. The molecule has 0 aliphatic heterocycles. The van der Waals surface area contributed by atoms with Crippen LogP contribution in [-0.2, 0) is 4.79 Å². The number of nitrogen functional groups attached to an aromatic ring is 1. The molecule has 0 aliphatic rings. The van der Waals surface area contributed by atoms with Crippen molar-refractivity contribution in [3.8, 4) is 0 Å². The smallest absolute Gasteiger partial charge is 0.243 e. The summed E-state index contributed by atoms with van der Waals surface area (Å²) in [6, 6.07) is 7.43. The van der Waals surface area contributed by atoms with Crippen molar-refractivity contribution in [2.24, 2.45) is 5.92 Å². The molecule has 3 nitrogen and oxygen atoms in total. The Bertz CT molecular complexity index is 397. The van der Waals surface area contributed by atoms with Gasteiger partial charge in [0.25, 0.3) is 0 Å². The summed E-state index contributed by atoms with van der Waals surface area (Å²) in [6.07, 6.45) is 4.30. The normalized spacial score (nSPS) is 11.0. The molecule has 0 radical (unpaired) electrons. The second kappa shape index (κ2) is 6.74. The monoisotopic (exact) mass is 232 g/mol. The Hall–Kier alpha value is -1.77. The number of nitrogens with one attached hydrogen (secondary N) is 1. The minimum Gasteiger partial charge on any atom is -0.399 e. The molecule has 0 fully saturated rings. The summed E-state index contributed by atoms with van der Waals surface area (Å²) in [4.78, 5) is 11.5. The van der Waals surface area contributed by atoms with Gasteiger partial charge >= 0.3 is 0 Å². The second-order valence-corrected chi connectivity index (χ2v) is 4.48. The van der Waals surface area contributed by atoms with Gasteiger partial charge in [-0.3, -0.25) is 4.79 Å². The molecule has 0 aromatic heterocycles. The van der Waals surface area contributed by atoms with Crippen LogP contribution in [0.2, 0.25) is 0 Å². The van der Waals surface area contributed by atoms with E-state index in [1.54, 1.807) is 6.08 Å². The van der Waals surface area contributed by atoms with E-state index in [2.05, 4.69) is 19.2 Å². The van der Waals surface area contributed by atoms with Crippen LogP contribution in [0.4, 0.5) is 5.69 Å². The molecule has 0 saturated heterocycles. The van der Waals surface area contributed by atoms with Crippen molar-refractivity contribution in [3.05, 3.63) is 35.9 Å². The summed E-state index contributed by atoms with van der Waals surface area (Å²) in [6.45, 7) is 4.99. The van der Waals surface area contributed by atoms with Crippen LogP contribution < -0.4 is 11.1 Å². The van der Waals surface area contributed by atoms with Gasteiger partial charge in [0.1, 0.15) is 0 Å². The average molecular weight is 232 g/mol. The van der Waals surface area contributed by atoms with Crippen molar-refractivity contribution in [3.63, 3.8) is 0 Å². The van der Waals surface area contributed by atoms with E-state index in [1.807, 2.05) is 24.3 Å². The number of nitrogens with two attached hydrogens (primary N) is 1. The first kappa shape index (κ1) is 13.3. The van der Waals surface area contributed by atoms with Crippen molar-refractivity contribution in [2.75, 3.05) is 12.3 Å². The van der Waals surface area contributed by atoms with Crippen molar-refractivity contribution >= 4 is 17.7 Å². The fourth-order valence-electron chi connectivity index (χ4n) is 1.38. The Labute approximate surface area is 103 Å². The zero-order chi connectivity index (χ0) is 12.7. The predicted molar refractivity (Wildman–Crippen MR) is 72.4 cm³/mol. The average Bonchev–Trinajstić information content (AvgIpc) is 2.26. The molecule has 0 unspecified atom stereocenters. The van der Waals surface area contributed by atoms with E-state index < -0.39 is 0 Å². The Morgan fingerprint density at radius 1 is 1.47 bits per heavy atom. The van der Waals surface area contributed by atoms with Gasteiger partial charge in [0, 0.05) is 18.3 Å². The van der Waals surface area contributed by atoms with E-state index in [-0.39, 0.29) is 5.91 Å². The standard InChI is InChI=1S/C14H20N2O/c1-11(2)8-9-16-14(17)7-6-12-4-3-5-13(15)10-12/h3-7,10-11H,8-9,15H2,1-2H3,(H,16,17)/b7-6+. The van der Waals surface area contributed by atoms with Gasteiger partial charge in [-0.1, -0.05) is 26.0 Å². The maximum atomic E-state index is 11.5. The third kappa shape index (κ3) is 5.76. The molecule has 0 bridgehead atoms. The quantitative estimate of drug-likeness (QED) is 0.605. The number of anilines is 1. The van der Waals surface area contributed by atoms with Crippen LogP contribution in [0.1, 0.15) is 25.8 Å². The number of carbonyl (C=O) groups is 1. The highest BCUT2D eigenvalue weighted by atomic mass is 16.1. The summed E-state index contributed by atoms with van der Waals surface area (Å²) in [7, 11) is 0. The lowest BCUT2D eigenvalue weighted by atomic mass is 10.1. The summed E-state index contributed by atoms with van der Waals surface area (Å²) >= 11 is 0. The first-order chi connectivity index (χ1) is 8.08. The fraction of sp³-hybridized carbons (Fsp3) is 0.357. The zero-order valence-electron chi connectivity index (χ0n) is 10.4. The van der Waals surface area contributed by atoms with Gasteiger partial charge in [0.2, 0.25) is 5.91 Å². The molecule has 1 rings (SSSR count). The van der Waals surface area contributed by atoms with Gasteiger partial charge in [0.15, 0.2) is 0 Å². The van der Waals surface area contributed by atoms with Crippen molar-refractivity contribution in [1.29, 1.82) is 0 Å². The third-order valence-corrected chi connectivity index (χ3v) is 2.36. The lowest BCUT2D eigenvalue weighted by Crippen LogP contribution is -2.23. The third-order valence-electron chi connectivity index (χ3n) is 2.36. The van der Waals surface area contributed by atoms with Gasteiger partial charge in [-0.05, 0) is 36.1 Å². The van der Waals surface area contributed by atoms with E-state index in [9.17, 15) is 4.79 Å². The molecule has 0 atom stereocenters. The SMILES string of the molecule is CC(C)CCNC(=O)/C=C/c1cccc(N)c1. The molecule has 1 aromatic carbocycles. The Kier molecular flexibility index (Phi) is 5.27. The molecule has 0 saturated carbocycles. The van der Waals surface area contributed by atoms with Crippen LogP contribution in [0.5, 0.6) is 0 Å². The second-order valence-electron chi connectivity index (χ2n) is 4.48. The summed E-state index contributed by atoms with van der Waals surface area (Å²) < 4.78 is 0. The molecule has 0 heterocycles. The molecule has 1 amide bonds. The first-order valence-electron chi connectivity index (χ1n) is 5.89. The number of carbonyl (C=O) groups excluding carboxylic acids is 1. The minimum atomic E-state index is -0.0620. The topological polar surface area (TPSA) is 55.1 Å². The van der Waals surface area contributed by atoms with Gasteiger partial charge in [-0.2, -0.15) is 0 Å². The van der Waals surface area contributed by atoms with Gasteiger partial charge in [0.05, 0.1) is 0 Å². The molecule has 92 valence electrons. The molecule has 1 aromatic rings. The maximum Gasteiger partial charge on any atom is 0.243 e. The molecule has 0 spiro atoms. The van der Waals surface area contributed by atoms with Crippen LogP contribution in [0.3, 0.4) is 0 Å². The minimum absolute atomic E-state index is 0.0620. The van der Waals surface area contributed by atoms with Crippen LogP contribution in [-0.4, -0.2) is 12.5 Å². The van der Waals surface area contributed by atoms with E-state index in [0.29, 0.717) is 11.6 Å². The number of benzene rings is 1. The van der Waals surface area contributed by atoms with Gasteiger partial charge in [-0.25, -0.2) is 0 Å². The van der Waals surface area contributed by atoms with Crippen LogP contribution >= 0.6 is 0 Å². The highest BCUT2D eigenvalue weighted by molar-refractivity contribution is 5.91. The van der Waals surface area contributed by atoms with Crippen molar-refractivity contribution in [1.82, 2.24) is 5.32 Å². The van der Waals surface area contributed by atoms with Crippen LogP contribution in [0.25, 0.3) is 6.08 Å². The van der Waals surface area contributed by atoms with E-state index >= 15 is 0 Å². The lowest BCUT2D eigenvalue weighted by molar-refractivity contribution is -0.116. The van der Waals surface area contributed by atoms with Crippen molar-refractivity contribution in [2.45, 2.75) is 20.3 Å². The molecular weight excluding hydrogens is 212 g/mol. The lowest BCUT2D eigenvalue weighted by Gasteiger charge is -2.04. The van der Waals surface area contributed by atoms with Gasteiger partial charge in [-0.15, -0.1) is 0 Å². The van der Waals surface area contributed by atoms with E-state index in [1.165, 1.54) is 6.08 Å². The predicted octanol–water partition coefficient (Wildman–Crippen LogP) is 2.44. The molecule has 3 N–H and O–H groups in total.